The van der Waals surface area contributed by atoms with E-state index in [1.165, 1.54) is 16.3 Å². The van der Waals surface area contributed by atoms with Gasteiger partial charge in [-0.1, -0.05) is 43.3 Å². The van der Waals surface area contributed by atoms with Crippen molar-refractivity contribution < 1.29 is 4.39 Å². The summed E-state index contributed by atoms with van der Waals surface area (Å²) in [6, 6.07) is 12.4. The second-order valence-corrected chi connectivity index (χ2v) is 3.72. The van der Waals surface area contributed by atoms with Gasteiger partial charge >= 0.3 is 0 Å². The first-order chi connectivity index (χ1) is 7.36. The van der Waals surface area contributed by atoms with E-state index in [1.54, 1.807) is 0 Å². The number of alkyl halides is 1. The molecule has 1 heteroatoms. The lowest BCUT2D eigenvalue weighted by Crippen LogP contribution is -1.92. The fourth-order valence-electron chi connectivity index (χ4n) is 2.11. The molecular formula is C14H15F. The maximum atomic E-state index is 12.4. The van der Waals surface area contributed by atoms with Gasteiger partial charge < -0.3 is 0 Å². The van der Waals surface area contributed by atoms with Gasteiger partial charge in [0.05, 0.1) is 6.67 Å². The molecule has 0 amide bonds. The molecular weight excluding hydrogens is 187 g/mol. The maximum absolute atomic E-state index is 12.4. The van der Waals surface area contributed by atoms with E-state index < -0.39 is 0 Å². The summed E-state index contributed by atoms with van der Waals surface area (Å²) in [6.45, 7) is 1.86. The topological polar surface area (TPSA) is 0 Å². The van der Waals surface area contributed by atoms with Gasteiger partial charge in [-0.15, -0.1) is 0 Å². The van der Waals surface area contributed by atoms with Crippen molar-refractivity contribution >= 4 is 10.8 Å². The van der Waals surface area contributed by atoms with Crippen LogP contribution in [-0.2, 0) is 12.8 Å². The van der Waals surface area contributed by atoms with E-state index in [0.29, 0.717) is 6.42 Å². The number of aryl methyl sites for hydroxylation is 2. The minimum Gasteiger partial charge on any atom is -0.251 e. The van der Waals surface area contributed by atoms with Crippen molar-refractivity contribution in [1.82, 2.24) is 0 Å². The molecule has 0 unspecified atom stereocenters. The molecule has 2 aromatic carbocycles. The van der Waals surface area contributed by atoms with Crippen molar-refractivity contribution in [3.05, 3.63) is 47.5 Å². The quantitative estimate of drug-likeness (QED) is 0.707. The fraction of sp³-hybridized carbons (Fsp3) is 0.286. The standard InChI is InChI=1S/C14H15F/c1-2-11-5-3-6-12-7-4-8-13(9-10-15)14(11)12/h3-8H,2,9-10H2,1H3. The average Bonchev–Trinajstić information content (AvgIpc) is 2.29. The Bertz CT molecular complexity index is 455. The molecule has 0 aliphatic carbocycles. The zero-order valence-electron chi connectivity index (χ0n) is 8.96. The van der Waals surface area contributed by atoms with Gasteiger partial charge in [-0.2, -0.15) is 0 Å². The smallest absolute Gasteiger partial charge is 0.0934 e. The van der Waals surface area contributed by atoms with Crippen molar-refractivity contribution in [2.45, 2.75) is 19.8 Å². The molecule has 0 fully saturated rings. The van der Waals surface area contributed by atoms with Crippen molar-refractivity contribution in [1.29, 1.82) is 0 Å². The molecule has 0 aliphatic rings. The number of hydrogen-bond donors (Lipinski definition) is 0. The van der Waals surface area contributed by atoms with E-state index in [9.17, 15) is 4.39 Å². The molecule has 2 aromatic rings. The van der Waals surface area contributed by atoms with Crippen molar-refractivity contribution in [3.63, 3.8) is 0 Å². The number of hydrogen-bond acceptors (Lipinski definition) is 0. The monoisotopic (exact) mass is 202 g/mol. The van der Waals surface area contributed by atoms with Crippen LogP contribution in [0.4, 0.5) is 4.39 Å². The third-order valence-corrected chi connectivity index (χ3v) is 2.82. The normalized spacial score (nSPS) is 10.8. The van der Waals surface area contributed by atoms with Crippen LogP contribution in [0, 0.1) is 0 Å². The summed E-state index contributed by atoms with van der Waals surface area (Å²) in [5, 5.41) is 2.47. The molecule has 0 bridgehead atoms. The lowest BCUT2D eigenvalue weighted by atomic mass is 9.96. The predicted molar refractivity (Wildman–Crippen MR) is 63.0 cm³/mol. The van der Waals surface area contributed by atoms with E-state index in [0.717, 1.165) is 12.0 Å². The van der Waals surface area contributed by atoms with Crippen molar-refractivity contribution in [2.24, 2.45) is 0 Å². The second kappa shape index (κ2) is 4.43. The van der Waals surface area contributed by atoms with Gasteiger partial charge in [0.2, 0.25) is 0 Å². The lowest BCUT2D eigenvalue weighted by Gasteiger charge is -2.09. The zero-order chi connectivity index (χ0) is 10.7. The van der Waals surface area contributed by atoms with Crippen molar-refractivity contribution in [3.8, 4) is 0 Å². The summed E-state index contributed by atoms with van der Waals surface area (Å²) in [4.78, 5) is 0. The molecule has 0 radical (unpaired) electrons. The average molecular weight is 202 g/mol. The molecule has 0 atom stereocenters. The summed E-state index contributed by atoms with van der Waals surface area (Å²) >= 11 is 0. The predicted octanol–water partition coefficient (Wildman–Crippen LogP) is 3.91. The minimum atomic E-state index is -0.281. The first-order valence-electron chi connectivity index (χ1n) is 5.42. The van der Waals surface area contributed by atoms with E-state index >= 15 is 0 Å². The van der Waals surface area contributed by atoms with Crippen LogP contribution in [0.15, 0.2) is 36.4 Å². The highest BCUT2D eigenvalue weighted by molar-refractivity contribution is 5.88. The third kappa shape index (κ3) is 1.87. The first kappa shape index (κ1) is 10.2. The zero-order valence-corrected chi connectivity index (χ0v) is 8.96. The van der Waals surface area contributed by atoms with Crippen LogP contribution in [0.25, 0.3) is 10.8 Å². The van der Waals surface area contributed by atoms with E-state index in [4.69, 9.17) is 0 Å². The number of benzene rings is 2. The molecule has 15 heavy (non-hydrogen) atoms. The van der Waals surface area contributed by atoms with E-state index in [1.807, 2.05) is 12.1 Å². The van der Waals surface area contributed by atoms with Crippen LogP contribution in [-0.4, -0.2) is 6.67 Å². The largest absolute Gasteiger partial charge is 0.251 e. The number of fused-ring (bicyclic) bond motifs is 1. The van der Waals surface area contributed by atoms with Gasteiger partial charge in [0, 0.05) is 6.42 Å². The van der Waals surface area contributed by atoms with Crippen LogP contribution < -0.4 is 0 Å². The molecule has 0 aliphatic heterocycles. The van der Waals surface area contributed by atoms with Crippen LogP contribution >= 0.6 is 0 Å². The Kier molecular flexibility index (Phi) is 3.00. The molecule has 0 aromatic heterocycles. The van der Waals surface area contributed by atoms with Gasteiger partial charge in [0.25, 0.3) is 0 Å². The van der Waals surface area contributed by atoms with Gasteiger partial charge in [-0.05, 0) is 28.3 Å². The maximum Gasteiger partial charge on any atom is 0.0934 e. The van der Waals surface area contributed by atoms with Crippen LogP contribution in [0.5, 0.6) is 0 Å². The molecule has 0 saturated heterocycles. The molecule has 0 nitrogen and oxygen atoms in total. The summed E-state index contributed by atoms with van der Waals surface area (Å²) in [5.41, 5.74) is 2.45. The Hall–Kier alpha value is -1.37. The summed E-state index contributed by atoms with van der Waals surface area (Å²) in [7, 11) is 0. The van der Waals surface area contributed by atoms with Crippen LogP contribution in [0.2, 0.25) is 0 Å². The summed E-state index contributed by atoms with van der Waals surface area (Å²) < 4.78 is 12.4. The molecule has 0 saturated carbocycles. The summed E-state index contributed by atoms with van der Waals surface area (Å²) in [5.74, 6) is 0. The molecule has 0 heterocycles. The Balaban J connectivity index is 2.69. The Morgan fingerprint density at radius 3 is 2.27 bits per heavy atom. The van der Waals surface area contributed by atoms with E-state index in [-0.39, 0.29) is 6.67 Å². The van der Waals surface area contributed by atoms with Crippen molar-refractivity contribution in [2.75, 3.05) is 6.67 Å². The Morgan fingerprint density at radius 1 is 1.00 bits per heavy atom. The highest BCUT2D eigenvalue weighted by Gasteiger charge is 2.04. The number of rotatable bonds is 3. The van der Waals surface area contributed by atoms with E-state index in [2.05, 4.69) is 31.2 Å². The highest BCUT2D eigenvalue weighted by Crippen LogP contribution is 2.24. The molecule has 0 spiro atoms. The Morgan fingerprint density at radius 2 is 1.67 bits per heavy atom. The fourth-order valence-corrected chi connectivity index (χ4v) is 2.11. The second-order valence-electron chi connectivity index (χ2n) is 3.72. The Labute approximate surface area is 89.7 Å². The molecule has 78 valence electrons. The van der Waals surface area contributed by atoms with Gasteiger partial charge in [-0.25, -0.2) is 0 Å². The van der Waals surface area contributed by atoms with Crippen LogP contribution in [0.3, 0.4) is 0 Å². The van der Waals surface area contributed by atoms with Gasteiger partial charge in [-0.3, -0.25) is 4.39 Å². The highest BCUT2D eigenvalue weighted by atomic mass is 19.1. The lowest BCUT2D eigenvalue weighted by molar-refractivity contribution is 0.496. The molecule has 2 rings (SSSR count). The SMILES string of the molecule is CCc1cccc2cccc(CCF)c12. The molecule has 0 N–H and O–H groups in total. The first-order valence-corrected chi connectivity index (χ1v) is 5.42. The summed E-state index contributed by atoms with van der Waals surface area (Å²) in [6.07, 6.45) is 1.52. The van der Waals surface area contributed by atoms with Gasteiger partial charge in [0.15, 0.2) is 0 Å². The van der Waals surface area contributed by atoms with Crippen LogP contribution in [0.1, 0.15) is 18.1 Å². The number of halogens is 1. The third-order valence-electron chi connectivity index (χ3n) is 2.82. The van der Waals surface area contributed by atoms with Gasteiger partial charge in [0.1, 0.15) is 0 Å². The minimum absolute atomic E-state index is 0.281.